The van der Waals surface area contributed by atoms with Crippen LogP contribution in [0.4, 0.5) is 13.2 Å². The minimum Gasteiger partial charge on any atom is -0.481 e. The molecule has 1 atom stereocenters. The Morgan fingerprint density at radius 3 is 2.37 bits per heavy atom. The van der Waals surface area contributed by atoms with Crippen LogP contribution in [0, 0.1) is 25.2 Å². The molecular weight excluding hydrogens is 533 g/mol. The molecule has 0 amide bonds. The second-order valence-electron chi connectivity index (χ2n) is 9.91. The van der Waals surface area contributed by atoms with Crippen molar-refractivity contribution in [3.05, 3.63) is 105 Å². The number of nitrogens with zero attached hydrogens (tertiary/aromatic N) is 6. The first-order valence-electron chi connectivity index (χ1n) is 12.7. The highest BCUT2D eigenvalue weighted by atomic mass is 19.4. The molecule has 0 spiro atoms. The standard InChI is InChI=1S/C30H23F3N6O2/c1-16-5-10-22(17(2)36-16)29(25-15-35-38-39(25)3)23-11-12-24-26(27(23)41-29)21(14-34)20(28(37-24)40-4)13-18-6-8-19(9-7-18)30(31,32)33/h5-12,15H,13H2,1-4H3. The number of fused-ring (bicyclic) bond motifs is 3. The zero-order chi connectivity index (χ0) is 29.1. The van der Waals surface area contributed by atoms with Gasteiger partial charge in [-0.2, -0.15) is 18.4 Å². The van der Waals surface area contributed by atoms with Crippen LogP contribution in [0.2, 0.25) is 0 Å². The number of nitriles is 1. The third-order valence-corrected chi connectivity index (χ3v) is 7.45. The first-order valence-corrected chi connectivity index (χ1v) is 12.7. The number of alkyl halides is 3. The van der Waals surface area contributed by atoms with Crippen LogP contribution in [0.3, 0.4) is 0 Å². The first-order chi connectivity index (χ1) is 19.6. The van der Waals surface area contributed by atoms with Crippen molar-refractivity contribution in [2.45, 2.75) is 32.0 Å². The summed E-state index contributed by atoms with van der Waals surface area (Å²) in [5.41, 5.74) is 3.87. The number of ether oxygens (including phenoxy) is 2. The summed E-state index contributed by atoms with van der Waals surface area (Å²) in [6.07, 6.45) is -2.67. The zero-order valence-electron chi connectivity index (χ0n) is 22.5. The van der Waals surface area contributed by atoms with E-state index >= 15 is 0 Å². The second kappa shape index (κ2) is 9.30. The Kier molecular flexibility index (Phi) is 5.95. The average molecular weight is 557 g/mol. The third kappa shape index (κ3) is 3.97. The van der Waals surface area contributed by atoms with Crippen molar-refractivity contribution in [1.29, 1.82) is 5.26 Å². The Morgan fingerprint density at radius 1 is 1.02 bits per heavy atom. The van der Waals surface area contributed by atoms with E-state index in [-0.39, 0.29) is 17.9 Å². The van der Waals surface area contributed by atoms with E-state index in [1.54, 1.807) is 24.0 Å². The van der Waals surface area contributed by atoms with Gasteiger partial charge in [0.05, 0.1) is 35.3 Å². The third-order valence-electron chi connectivity index (χ3n) is 7.45. The molecule has 0 saturated heterocycles. The van der Waals surface area contributed by atoms with Crippen LogP contribution in [-0.2, 0) is 25.2 Å². The Labute approximate surface area is 233 Å². The lowest BCUT2D eigenvalue weighted by Crippen LogP contribution is -2.46. The fraction of sp³-hybridized carbons (Fsp3) is 0.233. The summed E-state index contributed by atoms with van der Waals surface area (Å²) in [6, 6.07) is 14.7. The zero-order valence-corrected chi connectivity index (χ0v) is 22.5. The summed E-state index contributed by atoms with van der Waals surface area (Å²) < 4.78 is 53.2. The smallest absolute Gasteiger partial charge is 0.416 e. The van der Waals surface area contributed by atoms with Gasteiger partial charge in [0, 0.05) is 41.5 Å². The van der Waals surface area contributed by atoms with Crippen LogP contribution in [0.1, 0.15) is 50.5 Å². The van der Waals surface area contributed by atoms with E-state index in [2.05, 4.69) is 26.3 Å². The molecule has 0 N–H and O–H groups in total. The number of benzene rings is 2. The van der Waals surface area contributed by atoms with Gasteiger partial charge in [-0.15, -0.1) is 5.10 Å². The number of halogens is 3. The predicted octanol–water partition coefficient (Wildman–Crippen LogP) is 5.55. The lowest BCUT2D eigenvalue weighted by atomic mass is 9.76. The largest absolute Gasteiger partial charge is 0.481 e. The lowest BCUT2D eigenvalue weighted by molar-refractivity contribution is -0.137. The quantitative estimate of drug-likeness (QED) is 0.280. The monoisotopic (exact) mass is 556 g/mol. The average Bonchev–Trinajstić information content (AvgIpc) is 3.35. The Bertz CT molecular complexity index is 1880. The lowest BCUT2D eigenvalue weighted by Gasteiger charge is -2.45. The van der Waals surface area contributed by atoms with Gasteiger partial charge in [0.2, 0.25) is 11.5 Å². The van der Waals surface area contributed by atoms with Gasteiger partial charge in [0.25, 0.3) is 0 Å². The fourth-order valence-electron chi connectivity index (χ4n) is 5.55. The highest BCUT2D eigenvalue weighted by Gasteiger charge is 2.53. The van der Waals surface area contributed by atoms with E-state index in [9.17, 15) is 18.4 Å². The van der Waals surface area contributed by atoms with Gasteiger partial charge in [-0.05, 0) is 49.7 Å². The molecule has 6 rings (SSSR count). The van der Waals surface area contributed by atoms with Crippen molar-refractivity contribution in [3.63, 3.8) is 0 Å². The van der Waals surface area contributed by atoms with Gasteiger partial charge >= 0.3 is 6.18 Å². The number of rotatable bonds is 5. The minimum absolute atomic E-state index is 0.134. The minimum atomic E-state index is -4.45. The van der Waals surface area contributed by atoms with E-state index in [0.29, 0.717) is 33.5 Å². The molecule has 0 fully saturated rings. The Morgan fingerprint density at radius 2 is 1.76 bits per heavy atom. The SMILES string of the molecule is COc1nc2ccc3c(c2c(C#N)c1Cc1ccc(C(F)(F)F)cc1)OC3(c1ccc(C)nc1C)c1cnnn1C. The van der Waals surface area contributed by atoms with Gasteiger partial charge in [0.15, 0.2) is 0 Å². The van der Waals surface area contributed by atoms with Crippen LogP contribution < -0.4 is 9.47 Å². The van der Waals surface area contributed by atoms with Crippen molar-refractivity contribution in [3.8, 4) is 17.7 Å². The van der Waals surface area contributed by atoms with Gasteiger partial charge in [0.1, 0.15) is 17.5 Å². The molecule has 1 aliphatic heterocycles. The molecule has 5 aromatic rings. The van der Waals surface area contributed by atoms with E-state index in [0.717, 1.165) is 34.6 Å². The van der Waals surface area contributed by atoms with Gasteiger partial charge in [-0.25, -0.2) is 9.67 Å². The van der Waals surface area contributed by atoms with Crippen LogP contribution in [0.25, 0.3) is 10.9 Å². The molecular formula is C30H23F3N6O2. The van der Waals surface area contributed by atoms with Crippen LogP contribution >= 0.6 is 0 Å². The Balaban J connectivity index is 1.56. The number of pyridine rings is 2. The topological polar surface area (TPSA) is 98.7 Å². The van der Waals surface area contributed by atoms with E-state index in [4.69, 9.17) is 9.47 Å². The Hall–Kier alpha value is -4.98. The number of aromatic nitrogens is 5. The molecule has 41 heavy (non-hydrogen) atoms. The van der Waals surface area contributed by atoms with Crippen molar-refractivity contribution in [1.82, 2.24) is 25.0 Å². The summed E-state index contributed by atoms with van der Waals surface area (Å²) in [7, 11) is 3.22. The normalized spacial score (nSPS) is 16.0. The van der Waals surface area contributed by atoms with E-state index in [1.165, 1.54) is 19.2 Å². The maximum atomic E-state index is 13.1. The van der Waals surface area contributed by atoms with E-state index < -0.39 is 17.3 Å². The molecule has 11 heteroatoms. The van der Waals surface area contributed by atoms with Crippen molar-refractivity contribution >= 4 is 10.9 Å². The molecule has 0 aliphatic carbocycles. The van der Waals surface area contributed by atoms with Crippen LogP contribution in [0.15, 0.2) is 54.7 Å². The molecule has 2 aromatic carbocycles. The van der Waals surface area contributed by atoms with Gasteiger partial charge in [-0.3, -0.25) is 4.98 Å². The summed E-state index contributed by atoms with van der Waals surface area (Å²) in [5, 5.41) is 19.1. The van der Waals surface area contributed by atoms with Crippen molar-refractivity contribution < 1.29 is 22.6 Å². The molecule has 8 nitrogen and oxygen atoms in total. The maximum absolute atomic E-state index is 13.1. The summed E-state index contributed by atoms with van der Waals surface area (Å²) in [5.74, 6) is 0.693. The number of aryl methyl sites for hydroxylation is 3. The van der Waals surface area contributed by atoms with Gasteiger partial charge < -0.3 is 9.47 Å². The molecule has 4 heterocycles. The van der Waals surface area contributed by atoms with Crippen molar-refractivity contribution in [2.75, 3.05) is 7.11 Å². The number of methoxy groups -OCH3 is 1. The highest BCUT2D eigenvalue weighted by Crippen LogP contribution is 2.56. The van der Waals surface area contributed by atoms with E-state index in [1.807, 2.05) is 32.0 Å². The summed E-state index contributed by atoms with van der Waals surface area (Å²) in [6.45, 7) is 3.82. The highest BCUT2D eigenvalue weighted by molar-refractivity contribution is 5.96. The molecule has 0 saturated carbocycles. The second-order valence-corrected chi connectivity index (χ2v) is 9.91. The summed E-state index contributed by atoms with van der Waals surface area (Å²) >= 11 is 0. The first kappa shape index (κ1) is 26.3. The number of hydrogen-bond acceptors (Lipinski definition) is 7. The molecule has 0 radical (unpaired) electrons. The molecule has 0 bridgehead atoms. The van der Waals surface area contributed by atoms with Crippen LogP contribution in [-0.4, -0.2) is 32.1 Å². The van der Waals surface area contributed by atoms with Crippen molar-refractivity contribution in [2.24, 2.45) is 7.05 Å². The van der Waals surface area contributed by atoms with Crippen LogP contribution in [0.5, 0.6) is 11.6 Å². The molecule has 1 unspecified atom stereocenters. The predicted molar refractivity (Wildman–Crippen MR) is 142 cm³/mol. The fourth-order valence-corrected chi connectivity index (χ4v) is 5.55. The molecule has 1 aliphatic rings. The number of hydrogen-bond donors (Lipinski definition) is 0. The summed E-state index contributed by atoms with van der Waals surface area (Å²) in [4.78, 5) is 9.30. The van der Waals surface area contributed by atoms with Gasteiger partial charge in [-0.1, -0.05) is 23.4 Å². The molecule has 206 valence electrons. The molecule has 3 aromatic heterocycles. The maximum Gasteiger partial charge on any atom is 0.416 e.